The van der Waals surface area contributed by atoms with Crippen LogP contribution in [0.4, 0.5) is 0 Å². The first kappa shape index (κ1) is 18.5. The maximum Gasteiger partial charge on any atom is 0.303 e. The van der Waals surface area contributed by atoms with E-state index >= 15 is 0 Å². The monoisotopic (exact) mass is 322 g/mol. The van der Waals surface area contributed by atoms with Gasteiger partial charge in [-0.1, -0.05) is 25.5 Å². The third kappa shape index (κ3) is 4.74. The van der Waals surface area contributed by atoms with Crippen molar-refractivity contribution in [2.75, 3.05) is 0 Å². The molecule has 0 aliphatic rings. The topological polar surface area (TPSA) is 115 Å². The van der Waals surface area contributed by atoms with Crippen LogP contribution in [0.2, 0.25) is 0 Å². The third-order valence-corrected chi connectivity index (χ3v) is 3.52. The minimum absolute atomic E-state index is 0.00698. The molecule has 0 saturated carbocycles. The van der Waals surface area contributed by atoms with Crippen LogP contribution in [-0.4, -0.2) is 32.2 Å². The lowest BCUT2D eigenvalue weighted by molar-refractivity contribution is -0.136. The summed E-state index contributed by atoms with van der Waals surface area (Å²) in [5.74, 6) is -2.97. The molecule has 0 saturated heterocycles. The van der Waals surface area contributed by atoms with Crippen molar-refractivity contribution in [1.29, 1.82) is 0 Å². The van der Waals surface area contributed by atoms with E-state index in [9.17, 15) is 24.9 Å². The maximum atomic E-state index is 12.1. The van der Waals surface area contributed by atoms with E-state index in [1.807, 2.05) is 0 Å². The molecule has 0 aliphatic heterocycles. The molecule has 0 radical (unpaired) electrons. The average Bonchev–Trinajstić information content (AvgIpc) is 2.44. The van der Waals surface area contributed by atoms with Crippen molar-refractivity contribution in [2.45, 2.75) is 40.0 Å². The Kier molecular flexibility index (Phi) is 6.18. The molecule has 126 valence electrons. The van der Waals surface area contributed by atoms with Gasteiger partial charge in [-0.25, -0.2) is 0 Å². The molecule has 6 nitrogen and oxygen atoms in total. The second-order valence-corrected chi connectivity index (χ2v) is 5.78. The number of phenols is 3. The van der Waals surface area contributed by atoms with Crippen molar-refractivity contribution in [1.82, 2.24) is 0 Å². The molecule has 23 heavy (non-hydrogen) atoms. The molecule has 1 aromatic carbocycles. The van der Waals surface area contributed by atoms with E-state index in [1.54, 1.807) is 26.8 Å². The zero-order valence-electron chi connectivity index (χ0n) is 13.5. The molecule has 0 unspecified atom stereocenters. The number of ketones is 1. The maximum absolute atomic E-state index is 12.1. The largest absolute Gasteiger partial charge is 0.507 e. The normalized spacial score (nSPS) is 11.7. The number of hydrogen-bond donors (Lipinski definition) is 4. The molecule has 0 aliphatic carbocycles. The molecule has 0 spiro atoms. The Hall–Kier alpha value is -2.50. The molecule has 0 atom stereocenters. The van der Waals surface area contributed by atoms with Gasteiger partial charge in [0.1, 0.15) is 22.8 Å². The summed E-state index contributed by atoms with van der Waals surface area (Å²) in [7, 11) is 0. The quantitative estimate of drug-likeness (QED) is 0.453. The number of carbonyl (C=O) groups excluding carboxylic acids is 1. The Balaban J connectivity index is 3.12. The van der Waals surface area contributed by atoms with Crippen molar-refractivity contribution in [2.24, 2.45) is 5.92 Å². The summed E-state index contributed by atoms with van der Waals surface area (Å²) in [6.07, 6.45) is 2.15. The minimum Gasteiger partial charge on any atom is -0.507 e. The smallest absolute Gasteiger partial charge is 0.303 e. The Morgan fingerprint density at radius 2 is 1.74 bits per heavy atom. The number of carboxylic acids is 1. The van der Waals surface area contributed by atoms with Gasteiger partial charge >= 0.3 is 5.97 Å². The predicted octanol–water partition coefficient (Wildman–Crippen LogP) is 3.00. The molecule has 0 amide bonds. The Morgan fingerprint density at radius 1 is 1.13 bits per heavy atom. The van der Waals surface area contributed by atoms with Crippen LogP contribution >= 0.6 is 0 Å². The number of Topliss-reactive ketones (excluding diaryl/α,β-unsaturated/α-hetero) is 1. The van der Waals surface area contributed by atoms with E-state index < -0.39 is 29.2 Å². The fourth-order valence-electron chi connectivity index (χ4n) is 2.10. The van der Waals surface area contributed by atoms with Crippen LogP contribution in [0.3, 0.4) is 0 Å². The van der Waals surface area contributed by atoms with Crippen molar-refractivity contribution >= 4 is 11.8 Å². The Bertz CT molecular complexity index is 643. The molecule has 1 aromatic rings. The van der Waals surface area contributed by atoms with Gasteiger partial charge < -0.3 is 20.4 Å². The second-order valence-electron chi connectivity index (χ2n) is 5.78. The van der Waals surface area contributed by atoms with Crippen LogP contribution in [0.5, 0.6) is 17.2 Å². The molecule has 0 aromatic heterocycles. The summed E-state index contributed by atoms with van der Waals surface area (Å²) in [6, 6.07) is 1.03. The van der Waals surface area contributed by atoms with E-state index in [0.717, 1.165) is 11.6 Å². The number of hydrogen-bond acceptors (Lipinski definition) is 5. The summed E-state index contributed by atoms with van der Waals surface area (Å²) >= 11 is 0. The van der Waals surface area contributed by atoms with E-state index in [1.165, 1.54) is 0 Å². The third-order valence-electron chi connectivity index (χ3n) is 3.52. The van der Waals surface area contributed by atoms with Crippen molar-refractivity contribution in [3.8, 4) is 17.2 Å². The number of phenolic OH excluding ortho intramolecular Hbond substituents is 3. The number of carbonyl (C=O) groups is 2. The highest BCUT2D eigenvalue weighted by Gasteiger charge is 2.23. The Morgan fingerprint density at radius 3 is 2.26 bits per heavy atom. The van der Waals surface area contributed by atoms with E-state index in [-0.39, 0.29) is 29.7 Å². The summed E-state index contributed by atoms with van der Waals surface area (Å²) in [5, 5.41) is 38.6. The summed E-state index contributed by atoms with van der Waals surface area (Å²) in [4.78, 5) is 22.6. The fourth-order valence-corrected chi connectivity index (χ4v) is 2.10. The molecule has 6 heteroatoms. The van der Waals surface area contributed by atoms with Crippen molar-refractivity contribution in [3.63, 3.8) is 0 Å². The van der Waals surface area contributed by atoms with Crippen LogP contribution in [0.1, 0.15) is 49.5 Å². The predicted molar refractivity (Wildman–Crippen MR) is 84.9 cm³/mol. The van der Waals surface area contributed by atoms with Crippen LogP contribution in [0.15, 0.2) is 17.7 Å². The molecule has 4 N–H and O–H groups in total. The second kappa shape index (κ2) is 7.67. The van der Waals surface area contributed by atoms with Gasteiger partial charge in [0.15, 0.2) is 5.78 Å². The van der Waals surface area contributed by atoms with E-state index in [4.69, 9.17) is 5.11 Å². The molecule has 0 bridgehead atoms. The van der Waals surface area contributed by atoms with Gasteiger partial charge in [-0.15, -0.1) is 0 Å². The molecule has 1 rings (SSSR count). The number of aromatic hydroxyl groups is 3. The number of carboxylic acid groups (broad SMARTS) is 1. The van der Waals surface area contributed by atoms with Gasteiger partial charge in [0.25, 0.3) is 0 Å². The summed E-state index contributed by atoms with van der Waals surface area (Å²) in [5.41, 5.74) is 0.710. The average molecular weight is 322 g/mol. The molecular weight excluding hydrogens is 300 g/mol. The highest BCUT2D eigenvalue weighted by atomic mass is 16.4. The summed E-state index contributed by atoms with van der Waals surface area (Å²) in [6.45, 7) is 5.03. The Labute approximate surface area is 134 Å². The minimum atomic E-state index is -0.905. The molecular formula is C17H22O6. The number of allylic oxidation sites excluding steroid dienone is 2. The van der Waals surface area contributed by atoms with Gasteiger partial charge in [-0.2, -0.15) is 0 Å². The summed E-state index contributed by atoms with van der Waals surface area (Å²) < 4.78 is 0. The zero-order chi connectivity index (χ0) is 17.7. The van der Waals surface area contributed by atoms with Gasteiger partial charge in [-0.05, 0) is 19.8 Å². The van der Waals surface area contributed by atoms with E-state index in [2.05, 4.69) is 0 Å². The van der Waals surface area contributed by atoms with Gasteiger partial charge in [0.2, 0.25) is 0 Å². The van der Waals surface area contributed by atoms with Crippen LogP contribution < -0.4 is 0 Å². The first-order valence-electron chi connectivity index (χ1n) is 7.33. The first-order valence-corrected chi connectivity index (χ1v) is 7.33. The first-order chi connectivity index (χ1) is 10.6. The lowest BCUT2D eigenvalue weighted by Gasteiger charge is -2.13. The standard InChI is InChI=1S/C17H22O6/c1-9(2)16(22)15-13(19)8-12(18)11(17(15)23)6-4-10(3)5-7-14(20)21/h4,8-9,18-19,23H,5-7H2,1-3H3,(H,20,21). The lowest BCUT2D eigenvalue weighted by atomic mass is 9.95. The number of rotatable bonds is 7. The zero-order valence-corrected chi connectivity index (χ0v) is 13.5. The highest BCUT2D eigenvalue weighted by molar-refractivity contribution is 6.03. The molecule has 0 heterocycles. The van der Waals surface area contributed by atoms with Gasteiger partial charge in [0.05, 0.1) is 0 Å². The number of benzene rings is 1. The van der Waals surface area contributed by atoms with Crippen LogP contribution in [-0.2, 0) is 11.2 Å². The van der Waals surface area contributed by atoms with Gasteiger partial charge in [0, 0.05) is 24.0 Å². The van der Waals surface area contributed by atoms with Crippen molar-refractivity contribution in [3.05, 3.63) is 28.8 Å². The fraction of sp³-hybridized carbons (Fsp3) is 0.412. The lowest BCUT2D eigenvalue weighted by Crippen LogP contribution is -2.09. The van der Waals surface area contributed by atoms with Crippen LogP contribution in [0, 0.1) is 5.92 Å². The number of aliphatic carboxylic acids is 1. The van der Waals surface area contributed by atoms with Crippen molar-refractivity contribution < 1.29 is 30.0 Å². The van der Waals surface area contributed by atoms with Gasteiger partial charge in [-0.3, -0.25) is 9.59 Å². The van der Waals surface area contributed by atoms with E-state index in [0.29, 0.717) is 6.42 Å². The van der Waals surface area contributed by atoms with Crippen LogP contribution in [0.25, 0.3) is 0 Å². The highest BCUT2D eigenvalue weighted by Crippen LogP contribution is 2.39. The SMILES string of the molecule is CC(=CCc1c(O)cc(O)c(C(=O)C(C)C)c1O)CCC(=O)O. The molecule has 0 fully saturated rings.